The van der Waals surface area contributed by atoms with E-state index in [2.05, 4.69) is 143 Å². The van der Waals surface area contributed by atoms with Gasteiger partial charge in [-0.25, -0.2) is 0 Å². The number of aromatic nitrogens is 1. The first-order chi connectivity index (χ1) is 22.3. The van der Waals surface area contributed by atoms with Crippen LogP contribution in [0.3, 0.4) is 0 Å². The molecule has 212 valence electrons. The lowest BCUT2D eigenvalue weighted by molar-refractivity contribution is 0.669. The van der Waals surface area contributed by atoms with Crippen molar-refractivity contribution in [1.82, 2.24) is 4.98 Å². The van der Waals surface area contributed by atoms with Crippen molar-refractivity contribution in [3.05, 3.63) is 158 Å². The monoisotopic (exact) mass is 594 g/mol. The normalized spacial score (nSPS) is 11.6. The number of anilines is 3. The summed E-state index contributed by atoms with van der Waals surface area (Å²) in [6, 6.07) is 51.8. The summed E-state index contributed by atoms with van der Waals surface area (Å²) < 4.78 is 8.65. The molecule has 0 saturated carbocycles. The summed E-state index contributed by atoms with van der Waals surface area (Å²) in [6.45, 7) is 0. The van der Waals surface area contributed by atoms with Crippen LogP contribution in [0.4, 0.5) is 17.1 Å². The summed E-state index contributed by atoms with van der Waals surface area (Å²) >= 11 is 1.80. The average molecular weight is 595 g/mol. The zero-order valence-corrected chi connectivity index (χ0v) is 25.0. The van der Waals surface area contributed by atoms with Gasteiger partial charge in [0.1, 0.15) is 11.2 Å². The van der Waals surface area contributed by atoms with E-state index in [0.29, 0.717) is 0 Å². The Morgan fingerprint density at radius 2 is 1.07 bits per heavy atom. The molecule has 0 saturated heterocycles. The van der Waals surface area contributed by atoms with Crippen molar-refractivity contribution in [3.8, 4) is 22.3 Å². The first kappa shape index (κ1) is 25.8. The molecule has 0 unspecified atom stereocenters. The molecule has 9 aromatic rings. The van der Waals surface area contributed by atoms with Gasteiger partial charge in [0.25, 0.3) is 0 Å². The Kier molecular flexibility index (Phi) is 6.00. The number of hydrogen-bond donors (Lipinski definition) is 0. The third-order valence-electron chi connectivity index (χ3n) is 8.59. The highest BCUT2D eigenvalue weighted by Gasteiger charge is 2.16. The lowest BCUT2D eigenvalue weighted by Crippen LogP contribution is -2.09. The molecule has 3 heterocycles. The summed E-state index contributed by atoms with van der Waals surface area (Å²) in [6.07, 6.45) is 3.83. The summed E-state index contributed by atoms with van der Waals surface area (Å²) in [7, 11) is 0. The van der Waals surface area contributed by atoms with Crippen molar-refractivity contribution in [2.24, 2.45) is 0 Å². The van der Waals surface area contributed by atoms with Crippen molar-refractivity contribution in [2.45, 2.75) is 0 Å². The molecule has 3 aromatic heterocycles. The number of fused-ring (bicyclic) bond motifs is 6. The molecule has 0 bridgehead atoms. The number of thiophene rings is 1. The summed E-state index contributed by atoms with van der Waals surface area (Å²) in [5.41, 5.74) is 9.85. The molecule has 0 aliphatic carbocycles. The van der Waals surface area contributed by atoms with Crippen LogP contribution in [0.1, 0.15) is 0 Å². The summed E-state index contributed by atoms with van der Waals surface area (Å²) in [4.78, 5) is 6.64. The molecule has 45 heavy (non-hydrogen) atoms. The van der Waals surface area contributed by atoms with Crippen LogP contribution < -0.4 is 4.90 Å². The molecule has 0 amide bonds. The van der Waals surface area contributed by atoms with Gasteiger partial charge in [0.15, 0.2) is 0 Å². The van der Waals surface area contributed by atoms with Crippen molar-refractivity contribution >= 4 is 70.5 Å². The Bertz CT molecular complexity index is 2480. The van der Waals surface area contributed by atoms with Gasteiger partial charge in [0.2, 0.25) is 0 Å². The van der Waals surface area contributed by atoms with Gasteiger partial charge in [-0.3, -0.25) is 4.98 Å². The van der Waals surface area contributed by atoms with E-state index in [1.54, 1.807) is 11.3 Å². The topological polar surface area (TPSA) is 29.3 Å². The van der Waals surface area contributed by atoms with E-state index in [1.165, 1.54) is 42.4 Å². The van der Waals surface area contributed by atoms with E-state index in [0.717, 1.165) is 39.0 Å². The number of pyridine rings is 1. The fraction of sp³-hybridized carbons (Fsp3) is 0. The maximum absolute atomic E-state index is 6.16. The third-order valence-corrected chi connectivity index (χ3v) is 9.69. The van der Waals surface area contributed by atoms with Gasteiger partial charge in [-0.05, 0) is 82.9 Å². The molecule has 0 radical (unpaired) electrons. The zero-order chi connectivity index (χ0) is 29.7. The molecule has 9 rings (SSSR count). The highest BCUT2D eigenvalue weighted by Crippen LogP contribution is 2.41. The Hall–Kier alpha value is -5.71. The van der Waals surface area contributed by atoms with Crippen LogP contribution in [0, 0.1) is 0 Å². The SMILES string of the molecule is c1ccc(-c2ccc(N(c3ccc(-c4ccc5c(c4)sc4cnccc45)cc3)c3ccc4oc5ccccc5c4c3)cc2)cc1. The molecule has 0 fully saturated rings. The Morgan fingerprint density at radius 1 is 0.444 bits per heavy atom. The Morgan fingerprint density at radius 3 is 1.87 bits per heavy atom. The van der Waals surface area contributed by atoms with E-state index in [1.807, 2.05) is 24.5 Å². The standard InChI is InChI=1S/C41H26N2OS/c1-2-6-27(7-3-1)28-10-15-31(16-11-28)43(33-19-21-39-37(25-33)34-8-4-5-9-38(34)44-39)32-17-12-29(13-18-32)30-14-20-35-36-22-23-42-26-41(36)45-40(35)24-30/h1-26H. The number of nitrogens with zero attached hydrogens (tertiary/aromatic N) is 2. The third kappa shape index (κ3) is 4.46. The van der Waals surface area contributed by atoms with Crippen molar-refractivity contribution in [1.29, 1.82) is 0 Å². The molecule has 4 heteroatoms. The number of benzene rings is 6. The second kappa shape index (κ2) is 10.5. The molecule has 0 aliphatic heterocycles. The van der Waals surface area contributed by atoms with Gasteiger partial charge in [-0.1, -0.05) is 84.9 Å². The average Bonchev–Trinajstić information content (AvgIpc) is 3.67. The predicted octanol–water partition coefficient (Wildman–Crippen LogP) is 12.2. The molecule has 6 aromatic carbocycles. The van der Waals surface area contributed by atoms with Gasteiger partial charge < -0.3 is 9.32 Å². The van der Waals surface area contributed by atoms with Crippen molar-refractivity contribution in [2.75, 3.05) is 4.90 Å². The van der Waals surface area contributed by atoms with Gasteiger partial charge in [-0.15, -0.1) is 11.3 Å². The smallest absolute Gasteiger partial charge is 0.135 e. The van der Waals surface area contributed by atoms with E-state index >= 15 is 0 Å². The molecular formula is C41H26N2OS. The van der Waals surface area contributed by atoms with Crippen LogP contribution in [0.25, 0.3) is 64.4 Å². The Balaban J connectivity index is 1.14. The molecular weight excluding hydrogens is 569 g/mol. The van der Waals surface area contributed by atoms with Crippen molar-refractivity contribution in [3.63, 3.8) is 0 Å². The van der Waals surface area contributed by atoms with Gasteiger partial charge in [0, 0.05) is 55.7 Å². The Labute approximate surface area is 264 Å². The fourth-order valence-electron chi connectivity index (χ4n) is 6.35. The first-order valence-corrected chi connectivity index (χ1v) is 15.8. The maximum Gasteiger partial charge on any atom is 0.135 e. The molecule has 0 aliphatic rings. The number of furan rings is 1. The number of rotatable bonds is 5. The van der Waals surface area contributed by atoms with Crippen LogP contribution in [-0.4, -0.2) is 4.98 Å². The van der Waals surface area contributed by atoms with Crippen LogP contribution >= 0.6 is 11.3 Å². The number of hydrogen-bond acceptors (Lipinski definition) is 4. The highest BCUT2D eigenvalue weighted by molar-refractivity contribution is 7.25. The van der Waals surface area contributed by atoms with Crippen molar-refractivity contribution < 1.29 is 4.42 Å². The van der Waals surface area contributed by atoms with Gasteiger partial charge in [-0.2, -0.15) is 0 Å². The number of para-hydroxylation sites is 1. The van der Waals surface area contributed by atoms with Crippen LogP contribution in [-0.2, 0) is 0 Å². The molecule has 0 N–H and O–H groups in total. The minimum Gasteiger partial charge on any atom is -0.456 e. The van der Waals surface area contributed by atoms with E-state index in [-0.39, 0.29) is 0 Å². The molecule has 0 spiro atoms. The van der Waals surface area contributed by atoms with Crippen LogP contribution in [0.15, 0.2) is 162 Å². The highest BCUT2D eigenvalue weighted by atomic mass is 32.1. The minimum absolute atomic E-state index is 0.891. The molecule has 3 nitrogen and oxygen atoms in total. The lowest BCUT2D eigenvalue weighted by atomic mass is 10.0. The van der Waals surface area contributed by atoms with E-state index < -0.39 is 0 Å². The quantitative estimate of drug-likeness (QED) is 0.198. The van der Waals surface area contributed by atoms with E-state index in [9.17, 15) is 0 Å². The van der Waals surface area contributed by atoms with Gasteiger partial charge >= 0.3 is 0 Å². The lowest BCUT2D eigenvalue weighted by Gasteiger charge is -2.26. The van der Waals surface area contributed by atoms with Crippen LogP contribution in [0.5, 0.6) is 0 Å². The maximum atomic E-state index is 6.16. The predicted molar refractivity (Wildman–Crippen MR) is 190 cm³/mol. The molecule has 0 atom stereocenters. The fourth-order valence-corrected chi connectivity index (χ4v) is 7.46. The largest absolute Gasteiger partial charge is 0.456 e. The first-order valence-electron chi connectivity index (χ1n) is 15.0. The summed E-state index contributed by atoms with van der Waals surface area (Å²) in [5, 5.41) is 4.78. The summed E-state index contributed by atoms with van der Waals surface area (Å²) in [5.74, 6) is 0. The second-order valence-electron chi connectivity index (χ2n) is 11.3. The second-order valence-corrected chi connectivity index (χ2v) is 12.3. The van der Waals surface area contributed by atoms with E-state index in [4.69, 9.17) is 4.42 Å². The minimum atomic E-state index is 0.891. The van der Waals surface area contributed by atoms with Gasteiger partial charge in [0.05, 0.1) is 4.70 Å². The van der Waals surface area contributed by atoms with Crippen LogP contribution in [0.2, 0.25) is 0 Å². The zero-order valence-electron chi connectivity index (χ0n) is 24.2.